The minimum atomic E-state index is -0.771. The molecule has 0 atom stereocenters. The van der Waals surface area contributed by atoms with E-state index in [0.717, 1.165) is 50.7 Å². The Balaban J connectivity index is 0.000000182. The highest BCUT2D eigenvalue weighted by Crippen LogP contribution is 2.36. The van der Waals surface area contributed by atoms with Crippen molar-refractivity contribution in [3.63, 3.8) is 0 Å². The highest BCUT2D eigenvalue weighted by molar-refractivity contribution is 6.31. The van der Waals surface area contributed by atoms with Gasteiger partial charge in [0, 0.05) is 50.5 Å². The lowest BCUT2D eigenvalue weighted by Crippen LogP contribution is -2.12. The summed E-state index contributed by atoms with van der Waals surface area (Å²) >= 11 is 12.0. The maximum Gasteiger partial charge on any atom is 0.297 e. The van der Waals surface area contributed by atoms with Gasteiger partial charge in [0.1, 0.15) is 30.6 Å². The van der Waals surface area contributed by atoms with E-state index in [-0.39, 0.29) is 12.2 Å². The molecule has 17 heteroatoms. The van der Waals surface area contributed by atoms with Gasteiger partial charge in [-0.2, -0.15) is 0 Å². The monoisotopic (exact) mass is 846 g/mol. The maximum absolute atomic E-state index is 11.4. The lowest BCUT2D eigenvalue weighted by molar-refractivity contribution is -0.116. The van der Waals surface area contributed by atoms with Crippen LogP contribution in [0.1, 0.15) is 15.9 Å². The number of fused-ring (bicyclic) bond motifs is 2. The fourth-order valence-corrected chi connectivity index (χ4v) is 6.42. The normalized spacial score (nSPS) is 10.7. The predicted octanol–water partition coefficient (Wildman–Crippen LogP) is 7.60. The van der Waals surface area contributed by atoms with E-state index in [1.807, 2.05) is 88.3 Å². The molecule has 0 unspecified atom stereocenters. The summed E-state index contributed by atoms with van der Waals surface area (Å²) in [6, 6.07) is 29.6. The van der Waals surface area contributed by atoms with E-state index in [0.29, 0.717) is 44.1 Å². The van der Waals surface area contributed by atoms with Crippen LogP contribution in [0.25, 0.3) is 71.5 Å². The average Bonchev–Trinajstić information content (AvgIpc) is 3.85. The second kappa shape index (κ2) is 18.9. The summed E-state index contributed by atoms with van der Waals surface area (Å²) in [7, 11) is 0. The Labute approximate surface area is 358 Å². The molecule has 0 aliphatic heterocycles. The first-order chi connectivity index (χ1) is 29.4. The number of anilines is 2. The Bertz CT molecular complexity index is 3050. The summed E-state index contributed by atoms with van der Waals surface area (Å²) in [6.07, 6.45) is 8.98. The molecule has 8 N–H and O–H groups in total. The van der Waals surface area contributed by atoms with Crippen LogP contribution in [-0.2, 0) is 9.59 Å². The summed E-state index contributed by atoms with van der Waals surface area (Å²) in [5.74, 6) is -0.568. The van der Waals surface area contributed by atoms with Gasteiger partial charge < -0.3 is 36.9 Å². The van der Waals surface area contributed by atoms with E-state index in [9.17, 15) is 14.4 Å². The van der Waals surface area contributed by atoms with Crippen LogP contribution >= 0.6 is 23.2 Å². The van der Waals surface area contributed by atoms with E-state index >= 15 is 0 Å². The number of aromatic nitrogens is 6. The minimum Gasteiger partial charge on any atom is -0.383 e. The van der Waals surface area contributed by atoms with Crippen molar-refractivity contribution in [2.75, 3.05) is 18.0 Å². The molecule has 4 aromatic carbocycles. The van der Waals surface area contributed by atoms with Crippen LogP contribution in [0.4, 0.5) is 11.6 Å². The summed E-state index contributed by atoms with van der Waals surface area (Å²) in [5, 5.41) is 2.78. The molecule has 300 valence electrons. The molecule has 0 aliphatic rings. The molecule has 0 aliphatic carbocycles. The molecular weight excluding hydrogens is 815 g/mol. The van der Waals surface area contributed by atoms with E-state index in [1.54, 1.807) is 30.3 Å². The Morgan fingerprint density at radius 3 is 1.52 bits per heavy atom. The molecule has 0 bridgehead atoms. The van der Waals surface area contributed by atoms with E-state index in [1.165, 1.54) is 18.7 Å². The van der Waals surface area contributed by atoms with Crippen LogP contribution < -0.4 is 22.9 Å². The van der Waals surface area contributed by atoms with Gasteiger partial charge in [0.2, 0.25) is 11.6 Å². The van der Waals surface area contributed by atoms with Gasteiger partial charge in [0.15, 0.2) is 11.3 Å². The third kappa shape index (κ3) is 9.68. The number of hydrogen-bond donors (Lipinski definition) is 4. The number of nitrogens with two attached hydrogens (primary N) is 4. The summed E-state index contributed by atoms with van der Waals surface area (Å²) in [6.45, 7) is 13.0. The SMILES string of the molecule is Nc1ncnc2c1c(-c1ccc(Cl)cc1)cn2-c1cccc(C=O)c1.[C-]#[N+]/C(=C\c1cccc(-n2cc(-c3ccc(Cl)cc3)c3c(N)ncnc32)c1)C(N)=O.[C-]#[N+]CC(N)=O. The van der Waals surface area contributed by atoms with E-state index in [4.69, 9.17) is 53.5 Å². The summed E-state index contributed by atoms with van der Waals surface area (Å²) < 4.78 is 3.79. The molecule has 0 fully saturated rings. The molecular formula is C44H32Cl2N12O3. The third-order valence-corrected chi connectivity index (χ3v) is 9.38. The van der Waals surface area contributed by atoms with Crippen LogP contribution in [0.5, 0.6) is 0 Å². The standard InChI is InChI=1S/C22H15ClN6O.C19H13ClN4O.C3H4N2O/c1-26-18(21(25)30)10-13-3-2-4-16(9-13)29-11-17(14-5-7-15(23)8-6-14)19-20(24)27-12-28-22(19)29;20-14-6-4-13(5-7-14)16-9-24(15-3-1-2-12(8-15)10-25)19-17(16)18(21)22-11-23-19;1-5-2-3(4)6/h2-12H,(H2,25,30)(H2,24,27,28);1-11H,(H2,21,22,23);2H2,(H2,4,6)/b18-10-;;. The molecule has 0 spiro atoms. The van der Waals surface area contributed by atoms with Crippen molar-refractivity contribution in [3.8, 4) is 33.6 Å². The van der Waals surface area contributed by atoms with Crippen molar-refractivity contribution >= 4 is 81.1 Å². The van der Waals surface area contributed by atoms with Crippen molar-refractivity contribution in [2.24, 2.45) is 11.5 Å². The van der Waals surface area contributed by atoms with Gasteiger partial charge in [-0.15, -0.1) is 0 Å². The molecule has 0 saturated heterocycles. The van der Waals surface area contributed by atoms with Gasteiger partial charge >= 0.3 is 0 Å². The second-order valence-electron chi connectivity index (χ2n) is 12.9. The largest absolute Gasteiger partial charge is 0.383 e. The predicted molar refractivity (Wildman–Crippen MR) is 237 cm³/mol. The Morgan fingerprint density at radius 2 is 1.13 bits per heavy atom. The first-order valence-electron chi connectivity index (χ1n) is 17.8. The molecule has 61 heavy (non-hydrogen) atoms. The number of benzene rings is 4. The van der Waals surface area contributed by atoms with E-state index in [2.05, 4.69) is 35.4 Å². The number of primary amides is 2. The highest BCUT2D eigenvalue weighted by Gasteiger charge is 2.18. The molecule has 4 heterocycles. The first-order valence-corrected chi connectivity index (χ1v) is 18.6. The maximum atomic E-state index is 11.4. The quantitative estimate of drug-likeness (QED) is 0.0670. The zero-order chi connectivity index (χ0) is 43.6. The molecule has 2 amide bonds. The molecule has 0 saturated carbocycles. The third-order valence-electron chi connectivity index (χ3n) is 8.88. The van der Waals surface area contributed by atoms with Gasteiger partial charge in [-0.1, -0.05) is 71.7 Å². The number of nitrogen functional groups attached to an aromatic ring is 2. The van der Waals surface area contributed by atoms with Crippen molar-refractivity contribution in [1.82, 2.24) is 29.1 Å². The Hall–Kier alpha value is -8.37. The summed E-state index contributed by atoms with van der Waals surface area (Å²) in [5.41, 5.74) is 29.8. The zero-order valence-corrected chi connectivity index (χ0v) is 33.3. The lowest BCUT2D eigenvalue weighted by atomic mass is 10.1. The van der Waals surface area contributed by atoms with Gasteiger partial charge in [-0.05, 0) is 71.3 Å². The van der Waals surface area contributed by atoms with E-state index < -0.39 is 11.8 Å². The number of carbonyl (C=O) groups is 3. The fraction of sp³-hybridized carbons (Fsp3) is 0.0227. The zero-order valence-electron chi connectivity index (χ0n) is 31.8. The molecule has 15 nitrogen and oxygen atoms in total. The van der Waals surface area contributed by atoms with Crippen molar-refractivity contribution in [1.29, 1.82) is 0 Å². The number of nitrogens with zero attached hydrogens (tertiary/aromatic N) is 8. The number of hydrogen-bond acceptors (Lipinski definition) is 9. The van der Waals surface area contributed by atoms with Crippen LogP contribution in [0.2, 0.25) is 10.0 Å². The number of halogens is 2. The number of carbonyl (C=O) groups excluding carboxylic acids is 3. The second-order valence-corrected chi connectivity index (χ2v) is 13.7. The number of aldehydes is 1. The van der Waals surface area contributed by atoms with Crippen LogP contribution in [-0.4, -0.2) is 53.7 Å². The van der Waals surface area contributed by atoms with Crippen molar-refractivity contribution in [2.45, 2.75) is 0 Å². The summed E-state index contributed by atoms with van der Waals surface area (Å²) in [4.78, 5) is 55.1. The molecule has 8 rings (SSSR count). The van der Waals surface area contributed by atoms with Gasteiger partial charge in [-0.25, -0.2) is 31.4 Å². The highest BCUT2D eigenvalue weighted by atomic mass is 35.5. The Morgan fingerprint density at radius 1 is 0.672 bits per heavy atom. The minimum absolute atomic E-state index is 0.141. The average molecular weight is 848 g/mol. The number of amides is 2. The topological polar surface area (TPSA) is 225 Å². The number of rotatable bonds is 8. The van der Waals surface area contributed by atoms with Crippen LogP contribution in [0.15, 0.2) is 128 Å². The van der Waals surface area contributed by atoms with Gasteiger partial charge in [0.25, 0.3) is 12.5 Å². The van der Waals surface area contributed by atoms with Crippen LogP contribution in [0, 0.1) is 13.1 Å². The molecule has 8 aromatic rings. The fourth-order valence-electron chi connectivity index (χ4n) is 6.17. The lowest BCUT2D eigenvalue weighted by Gasteiger charge is -2.06. The molecule has 4 aromatic heterocycles. The van der Waals surface area contributed by atoms with Crippen LogP contribution in [0.3, 0.4) is 0 Å². The Kier molecular flexibility index (Phi) is 13.1. The van der Waals surface area contributed by atoms with Gasteiger partial charge in [-0.3, -0.25) is 14.4 Å². The van der Waals surface area contributed by atoms with Crippen molar-refractivity contribution < 1.29 is 14.4 Å². The van der Waals surface area contributed by atoms with Gasteiger partial charge in [0.05, 0.1) is 17.3 Å². The molecule has 0 radical (unpaired) electrons. The smallest absolute Gasteiger partial charge is 0.297 e. The van der Waals surface area contributed by atoms with Crippen molar-refractivity contribution in [3.05, 3.63) is 172 Å². The first kappa shape index (κ1) is 42.2.